The maximum Gasteiger partial charge on any atom is 0.416 e. The molecule has 0 saturated heterocycles. The van der Waals surface area contributed by atoms with Crippen LogP contribution in [0.2, 0.25) is 0 Å². The van der Waals surface area contributed by atoms with Crippen LogP contribution in [-0.2, 0) is 26.3 Å². The Hall–Kier alpha value is -3.99. The summed E-state index contributed by atoms with van der Waals surface area (Å²) >= 11 is 0. The lowest BCUT2D eigenvalue weighted by atomic mass is 9.78. The number of amides is 1. The highest BCUT2D eigenvalue weighted by Crippen LogP contribution is 2.40. The number of anilines is 1. The van der Waals surface area contributed by atoms with Crippen LogP contribution in [0.15, 0.2) is 61.4 Å². The Morgan fingerprint density at radius 3 is 2.62 bits per heavy atom. The zero-order chi connectivity index (χ0) is 27.4. The maximum atomic E-state index is 14.2. The molecule has 6 rings (SSSR count). The van der Waals surface area contributed by atoms with E-state index in [1.54, 1.807) is 47.8 Å². The van der Waals surface area contributed by atoms with Gasteiger partial charge < -0.3 is 19.4 Å². The molecule has 0 radical (unpaired) electrons. The fourth-order valence-electron chi connectivity index (χ4n) is 5.51. The molecule has 1 amide bonds. The molecular formula is C28H28F3N7O. The van der Waals surface area contributed by atoms with Crippen LogP contribution in [-0.4, -0.2) is 35.8 Å². The molecule has 2 aromatic carbocycles. The van der Waals surface area contributed by atoms with Crippen molar-refractivity contribution < 1.29 is 18.0 Å². The fourth-order valence-corrected chi connectivity index (χ4v) is 5.51. The van der Waals surface area contributed by atoms with Gasteiger partial charge in [0.1, 0.15) is 12.4 Å². The zero-order valence-corrected chi connectivity index (χ0v) is 21.6. The molecule has 1 unspecified atom stereocenters. The van der Waals surface area contributed by atoms with Crippen LogP contribution in [0, 0.1) is 0 Å². The average molecular weight is 536 g/mol. The highest BCUT2D eigenvalue weighted by Gasteiger charge is 2.41. The van der Waals surface area contributed by atoms with Gasteiger partial charge in [0.15, 0.2) is 5.82 Å². The monoisotopic (exact) mass is 535 g/mol. The second-order valence-corrected chi connectivity index (χ2v) is 10.6. The van der Waals surface area contributed by atoms with Crippen molar-refractivity contribution in [2.75, 3.05) is 4.90 Å². The molecule has 2 aliphatic rings. The van der Waals surface area contributed by atoms with E-state index in [0.29, 0.717) is 17.1 Å². The van der Waals surface area contributed by atoms with Gasteiger partial charge in [-0.15, -0.1) is 10.2 Å². The number of rotatable bonds is 7. The van der Waals surface area contributed by atoms with E-state index >= 15 is 0 Å². The summed E-state index contributed by atoms with van der Waals surface area (Å²) in [7, 11) is 1.83. The summed E-state index contributed by atoms with van der Waals surface area (Å²) in [5.41, 5.74) is 1.05. The Balaban J connectivity index is 1.35. The molecule has 1 aliphatic heterocycles. The minimum Gasteiger partial charge on any atom is -0.323 e. The van der Waals surface area contributed by atoms with Crippen molar-refractivity contribution in [3.8, 4) is 0 Å². The molecule has 0 spiro atoms. The predicted octanol–water partition coefficient (Wildman–Crippen LogP) is 4.86. The number of alkyl halides is 3. The molecule has 1 fully saturated rings. The minimum atomic E-state index is -4.57. The van der Waals surface area contributed by atoms with Crippen LogP contribution in [0.4, 0.5) is 18.9 Å². The molecule has 1 N–H and O–H groups in total. The second-order valence-electron chi connectivity index (χ2n) is 10.6. The van der Waals surface area contributed by atoms with Gasteiger partial charge in [-0.1, -0.05) is 12.1 Å². The van der Waals surface area contributed by atoms with Crippen LogP contribution >= 0.6 is 0 Å². The molecule has 1 saturated carbocycles. The Morgan fingerprint density at radius 2 is 1.97 bits per heavy atom. The molecular weight excluding hydrogens is 507 g/mol. The lowest BCUT2D eigenvalue weighted by Crippen LogP contribution is -2.47. The summed E-state index contributed by atoms with van der Waals surface area (Å²) in [6, 6.07) is 9.64. The third-order valence-electron chi connectivity index (χ3n) is 7.89. The average Bonchev–Trinajstić information content (AvgIpc) is 3.63. The number of fused-ring (bicyclic) bond motifs is 1. The molecule has 1 atom stereocenters. The number of nitrogens with one attached hydrogen (secondary N) is 1. The Morgan fingerprint density at radius 1 is 1.15 bits per heavy atom. The highest BCUT2D eigenvalue weighted by molar-refractivity contribution is 6.10. The van der Waals surface area contributed by atoms with Crippen molar-refractivity contribution in [1.29, 1.82) is 0 Å². The van der Waals surface area contributed by atoms with Crippen molar-refractivity contribution in [1.82, 2.24) is 29.6 Å². The molecule has 2 aromatic heterocycles. The first-order chi connectivity index (χ1) is 18.6. The van der Waals surface area contributed by atoms with E-state index in [2.05, 4.69) is 27.4 Å². The van der Waals surface area contributed by atoms with Crippen molar-refractivity contribution >= 4 is 11.6 Å². The molecule has 3 heterocycles. The number of halogens is 3. The number of carbonyl (C=O) groups is 1. The Labute approximate surface area is 223 Å². The van der Waals surface area contributed by atoms with Crippen LogP contribution in [0.5, 0.6) is 0 Å². The summed E-state index contributed by atoms with van der Waals surface area (Å²) in [6.07, 6.45) is 5.23. The molecule has 202 valence electrons. The van der Waals surface area contributed by atoms with Gasteiger partial charge in [0.05, 0.1) is 18.4 Å². The number of aromatic nitrogens is 5. The van der Waals surface area contributed by atoms with Gasteiger partial charge in [0.2, 0.25) is 0 Å². The van der Waals surface area contributed by atoms with Gasteiger partial charge in [-0.25, -0.2) is 4.98 Å². The summed E-state index contributed by atoms with van der Waals surface area (Å²) in [6.45, 7) is 2.20. The lowest BCUT2D eigenvalue weighted by molar-refractivity contribution is -0.138. The van der Waals surface area contributed by atoms with Gasteiger partial charge in [0.25, 0.3) is 5.91 Å². The number of aryl methyl sites for hydroxylation is 1. The fraction of sp³-hybridized carbons (Fsp3) is 0.357. The molecule has 0 bridgehead atoms. The van der Waals surface area contributed by atoms with Gasteiger partial charge in [0, 0.05) is 42.8 Å². The molecule has 39 heavy (non-hydrogen) atoms. The predicted molar refractivity (Wildman–Crippen MR) is 138 cm³/mol. The van der Waals surface area contributed by atoms with Gasteiger partial charge in [-0.3, -0.25) is 4.79 Å². The number of benzene rings is 2. The summed E-state index contributed by atoms with van der Waals surface area (Å²) in [5, 5.41) is 11.6. The first-order valence-electron chi connectivity index (χ1n) is 12.8. The van der Waals surface area contributed by atoms with Crippen LogP contribution in [0.25, 0.3) is 0 Å². The van der Waals surface area contributed by atoms with Crippen LogP contribution in [0.3, 0.4) is 0 Å². The molecule has 8 nitrogen and oxygen atoms in total. The number of hydrogen-bond donors (Lipinski definition) is 1. The van der Waals surface area contributed by atoms with Gasteiger partial charge >= 0.3 is 6.18 Å². The zero-order valence-electron chi connectivity index (χ0n) is 21.6. The number of carbonyl (C=O) groups excluding carboxylic acids is 1. The van der Waals surface area contributed by atoms with Gasteiger partial charge in [-0.2, -0.15) is 13.2 Å². The maximum absolute atomic E-state index is 14.2. The lowest BCUT2D eigenvalue weighted by Gasteiger charge is -2.39. The highest BCUT2D eigenvalue weighted by atomic mass is 19.4. The first kappa shape index (κ1) is 25.3. The number of imidazole rings is 1. The molecule has 4 aromatic rings. The van der Waals surface area contributed by atoms with E-state index in [1.165, 1.54) is 11.0 Å². The van der Waals surface area contributed by atoms with Crippen LogP contribution < -0.4 is 10.2 Å². The standard InChI is InChI=1S/C28H28F3N7O/c1-27(7-4-8-27)33-14-18-11-21-22(23(12-18)28(29,30)31)15-38(26(21)39)20-6-3-5-19(13-20)24(37-10-9-32-16-37)25-35-34-17-36(25)2/h3,5-6,9-13,16-17,24,33H,4,7-8,14-15H2,1-2H3. The van der Waals surface area contributed by atoms with E-state index < -0.39 is 23.7 Å². The van der Waals surface area contributed by atoms with E-state index in [1.807, 2.05) is 23.7 Å². The van der Waals surface area contributed by atoms with Crippen molar-refractivity contribution in [3.63, 3.8) is 0 Å². The van der Waals surface area contributed by atoms with E-state index in [9.17, 15) is 18.0 Å². The molecule has 11 heteroatoms. The van der Waals surface area contributed by atoms with E-state index in [0.717, 1.165) is 24.8 Å². The van der Waals surface area contributed by atoms with E-state index in [-0.39, 0.29) is 29.8 Å². The summed E-state index contributed by atoms with van der Waals surface area (Å²) in [5.74, 6) is 0.208. The Kier molecular flexibility index (Phi) is 6.05. The van der Waals surface area contributed by atoms with Gasteiger partial charge in [-0.05, 0) is 67.1 Å². The van der Waals surface area contributed by atoms with Crippen molar-refractivity contribution in [3.05, 3.63) is 95.1 Å². The smallest absolute Gasteiger partial charge is 0.323 e. The van der Waals surface area contributed by atoms with Crippen molar-refractivity contribution in [2.24, 2.45) is 7.05 Å². The first-order valence-corrected chi connectivity index (χ1v) is 12.8. The van der Waals surface area contributed by atoms with Crippen LogP contribution in [0.1, 0.15) is 70.7 Å². The van der Waals surface area contributed by atoms with E-state index in [4.69, 9.17) is 0 Å². The normalized spacial score (nSPS) is 17.3. The Bertz CT molecular complexity index is 1520. The van der Waals surface area contributed by atoms with Crippen molar-refractivity contribution in [2.45, 2.75) is 57.0 Å². The SMILES string of the molecule is Cn1cnnc1C(c1cccc(N2Cc3c(cc(CNC4(C)CCC4)cc3C(F)(F)F)C2=O)c1)n1ccnc1. The second kappa shape index (κ2) is 9.33. The minimum absolute atomic E-state index is 0.0102. The largest absolute Gasteiger partial charge is 0.416 e. The third kappa shape index (κ3) is 4.60. The summed E-state index contributed by atoms with van der Waals surface area (Å²) in [4.78, 5) is 19.2. The summed E-state index contributed by atoms with van der Waals surface area (Å²) < 4.78 is 46.2. The quantitative estimate of drug-likeness (QED) is 0.366. The molecule has 1 aliphatic carbocycles. The number of nitrogens with zero attached hydrogens (tertiary/aromatic N) is 6. The third-order valence-corrected chi connectivity index (χ3v) is 7.89. The topological polar surface area (TPSA) is 80.9 Å². The number of hydrogen-bond acceptors (Lipinski definition) is 5.